The zero-order chi connectivity index (χ0) is 12.3. The van der Waals surface area contributed by atoms with E-state index < -0.39 is 17.2 Å². The number of allylic oxidation sites excluding steroid dienone is 1. The van der Waals surface area contributed by atoms with Crippen LogP contribution in [0.1, 0.15) is 18.9 Å². The monoisotopic (exact) mass is 286 g/mol. The fraction of sp³-hybridized carbons (Fsp3) is 0.250. The molecule has 1 unspecified atom stereocenters. The van der Waals surface area contributed by atoms with Gasteiger partial charge < -0.3 is 5.11 Å². The molecule has 0 aliphatic carbocycles. The van der Waals surface area contributed by atoms with Gasteiger partial charge in [-0.3, -0.25) is 4.79 Å². The van der Waals surface area contributed by atoms with Crippen molar-refractivity contribution in [3.05, 3.63) is 46.7 Å². The number of aliphatic carboxylic acids is 1. The van der Waals surface area contributed by atoms with Gasteiger partial charge >= 0.3 is 5.97 Å². The van der Waals surface area contributed by atoms with Crippen LogP contribution in [0, 0.1) is 5.82 Å². The highest BCUT2D eigenvalue weighted by atomic mass is 79.9. The number of benzene rings is 1. The lowest BCUT2D eigenvalue weighted by atomic mass is 9.79. The van der Waals surface area contributed by atoms with Gasteiger partial charge in [-0.25, -0.2) is 4.39 Å². The molecule has 2 nitrogen and oxygen atoms in total. The molecule has 1 aromatic carbocycles. The first-order valence-electron chi connectivity index (χ1n) is 4.71. The normalized spacial score (nSPS) is 14.2. The third-order valence-electron chi connectivity index (χ3n) is 2.55. The zero-order valence-electron chi connectivity index (χ0n) is 8.84. The largest absolute Gasteiger partial charge is 0.481 e. The standard InChI is InChI=1S/C12H12BrFO2/c1-3-6-12(2,11(15)16)9-5-4-8(13)7-10(9)14/h3-5,7H,1,6H2,2H3,(H,15,16). The minimum atomic E-state index is -1.27. The molecule has 0 radical (unpaired) electrons. The molecule has 86 valence electrons. The van der Waals surface area contributed by atoms with Crippen molar-refractivity contribution >= 4 is 21.9 Å². The Kier molecular flexibility index (Phi) is 3.86. The average molecular weight is 287 g/mol. The van der Waals surface area contributed by atoms with Crippen LogP contribution in [-0.2, 0) is 10.2 Å². The maximum absolute atomic E-state index is 13.7. The Hall–Kier alpha value is -1.16. The van der Waals surface area contributed by atoms with Crippen molar-refractivity contribution in [3.8, 4) is 0 Å². The Bertz CT molecular complexity index is 431. The molecule has 0 bridgehead atoms. The summed E-state index contributed by atoms with van der Waals surface area (Å²) in [6, 6.07) is 4.37. The third kappa shape index (κ3) is 2.32. The quantitative estimate of drug-likeness (QED) is 0.860. The SMILES string of the molecule is C=CCC(C)(C(=O)O)c1ccc(Br)cc1F. The van der Waals surface area contributed by atoms with Gasteiger partial charge in [-0.2, -0.15) is 0 Å². The molecule has 16 heavy (non-hydrogen) atoms. The van der Waals surface area contributed by atoms with Crippen molar-refractivity contribution < 1.29 is 14.3 Å². The fourth-order valence-corrected chi connectivity index (χ4v) is 1.87. The maximum atomic E-state index is 13.7. The van der Waals surface area contributed by atoms with E-state index in [1.54, 1.807) is 6.07 Å². The molecule has 0 amide bonds. The second-order valence-electron chi connectivity index (χ2n) is 3.75. The van der Waals surface area contributed by atoms with Crippen molar-refractivity contribution in [1.82, 2.24) is 0 Å². The first kappa shape index (κ1) is 12.9. The summed E-state index contributed by atoms with van der Waals surface area (Å²) in [5.41, 5.74) is -1.10. The predicted octanol–water partition coefficient (Wildman–Crippen LogP) is 3.51. The van der Waals surface area contributed by atoms with Gasteiger partial charge in [0.25, 0.3) is 0 Å². The van der Waals surface area contributed by atoms with Gasteiger partial charge in [0.2, 0.25) is 0 Å². The van der Waals surface area contributed by atoms with E-state index in [0.29, 0.717) is 4.47 Å². The number of carboxylic acids is 1. The first-order valence-corrected chi connectivity index (χ1v) is 5.51. The highest BCUT2D eigenvalue weighted by molar-refractivity contribution is 9.10. The van der Waals surface area contributed by atoms with Crippen LogP contribution in [0.2, 0.25) is 0 Å². The Morgan fingerprint density at radius 1 is 1.69 bits per heavy atom. The molecule has 0 aliphatic rings. The summed E-state index contributed by atoms with van der Waals surface area (Å²) >= 11 is 3.13. The Morgan fingerprint density at radius 3 is 2.75 bits per heavy atom. The highest BCUT2D eigenvalue weighted by Gasteiger charge is 2.36. The van der Waals surface area contributed by atoms with Crippen molar-refractivity contribution in [1.29, 1.82) is 0 Å². The molecule has 0 spiro atoms. The third-order valence-corrected chi connectivity index (χ3v) is 3.04. The van der Waals surface area contributed by atoms with E-state index in [9.17, 15) is 14.3 Å². The Morgan fingerprint density at radius 2 is 2.31 bits per heavy atom. The van der Waals surface area contributed by atoms with Gasteiger partial charge in [-0.05, 0) is 25.5 Å². The van der Waals surface area contributed by atoms with E-state index in [-0.39, 0.29) is 12.0 Å². The van der Waals surface area contributed by atoms with E-state index in [4.69, 9.17) is 0 Å². The van der Waals surface area contributed by atoms with E-state index >= 15 is 0 Å². The van der Waals surface area contributed by atoms with Crippen molar-refractivity contribution in [3.63, 3.8) is 0 Å². The summed E-state index contributed by atoms with van der Waals surface area (Å²) in [5.74, 6) is -1.59. The van der Waals surface area contributed by atoms with Gasteiger partial charge in [0.15, 0.2) is 0 Å². The molecule has 1 rings (SSSR count). The topological polar surface area (TPSA) is 37.3 Å². The molecule has 0 heterocycles. The van der Waals surface area contributed by atoms with E-state index in [2.05, 4.69) is 22.5 Å². The van der Waals surface area contributed by atoms with Crippen LogP contribution in [0.25, 0.3) is 0 Å². The molecule has 0 aromatic heterocycles. The van der Waals surface area contributed by atoms with Crippen LogP contribution < -0.4 is 0 Å². The van der Waals surface area contributed by atoms with Crippen molar-refractivity contribution in [2.45, 2.75) is 18.8 Å². The Labute approximate surface area is 102 Å². The van der Waals surface area contributed by atoms with Gasteiger partial charge in [-0.15, -0.1) is 6.58 Å². The van der Waals surface area contributed by atoms with Gasteiger partial charge in [-0.1, -0.05) is 28.1 Å². The summed E-state index contributed by atoms with van der Waals surface area (Å²) < 4.78 is 14.3. The fourth-order valence-electron chi connectivity index (χ4n) is 1.54. The molecule has 1 aromatic rings. The molecule has 0 fully saturated rings. The lowest BCUT2D eigenvalue weighted by Crippen LogP contribution is -2.32. The second-order valence-corrected chi connectivity index (χ2v) is 4.67. The lowest BCUT2D eigenvalue weighted by molar-refractivity contribution is -0.143. The Balaban J connectivity index is 3.31. The molecule has 1 N–H and O–H groups in total. The average Bonchev–Trinajstić information content (AvgIpc) is 2.17. The van der Waals surface area contributed by atoms with Crippen LogP contribution in [-0.4, -0.2) is 11.1 Å². The second kappa shape index (κ2) is 4.78. The maximum Gasteiger partial charge on any atom is 0.314 e. The lowest BCUT2D eigenvalue weighted by Gasteiger charge is -2.24. The van der Waals surface area contributed by atoms with Crippen LogP contribution in [0.4, 0.5) is 4.39 Å². The van der Waals surface area contributed by atoms with Gasteiger partial charge in [0.1, 0.15) is 5.82 Å². The number of rotatable bonds is 4. The minimum absolute atomic E-state index is 0.170. The van der Waals surface area contributed by atoms with Crippen molar-refractivity contribution in [2.24, 2.45) is 0 Å². The van der Waals surface area contributed by atoms with Crippen LogP contribution >= 0.6 is 15.9 Å². The molecule has 0 saturated heterocycles. The van der Waals surface area contributed by atoms with Gasteiger partial charge in [0.05, 0.1) is 5.41 Å². The number of carboxylic acid groups (broad SMARTS) is 1. The van der Waals surface area contributed by atoms with E-state index in [0.717, 1.165) is 0 Å². The molecular formula is C12H12BrFO2. The van der Waals surface area contributed by atoms with E-state index in [1.807, 2.05) is 0 Å². The summed E-state index contributed by atoms with van der Waals surface area (Å²) in [6.07, 6.45) is 1.66. The summed E-state index contributed by atoms with van der Waals surface area (Å²) in [5, 5.41) is 9.18. The van der Waals surface area contributed by atoms with Crippen LogP contribution in [0.3, 0.4) is 0 Å². The van der Waals surface area contributed by atoms with E-state index in [1.165, 1.54) is 25.1 Å². The number of hydrogen-bond acceptors (Lipinski definition) is 1. The van der Waals surface area contributed by atoms with Gasteiger partial charge in [0, 0.05) is 10.0 Å². The van der Waals surface area contributed by atoms with Crippen molar-refractivity contribution in [2.75, 3.05) is 0 Å². The summed E-state index contributed by atoms with van der Waals surface area (Å²) in [6.45, 7) is 5.00. The number of halogens is 2. The van der Waals surface area contributed by atoms with Crippen LogP contribution in [0.5, 0.6) is 0 Å². The molecular weight excluding hydrogens is 275 g/mol. The minimum Gasteiger partial charge on any atom is -0.481 e. The molecule has 4 heteroatoms. The highest BCUT2D eigenvalue weighted by Crippen LogP contribution is 2.31. The zero-order valence-corrected chi connectivity index (χ0v) is 10.4. The molecule has 0 saturated carbocycles. The van der Waals surface area contributed by atoms with Crippen LogP contribution in [0.15, 0.2) is 35.3 Å². The molecule has 1 atom stereocenters. The predicted molar refractivity (Wildman–Crippen MR) is 63.9 cm³/mol. The molecule has 0 aliphatic heterocycles. The summed E-state index contributed by atoms with van der Waals surface area (Å²) in [7, 11) is 0. The first-order chi connectivity index (χ1) is 7.41. The number of hydrogen-bond donors (Lipinski definition) is 1. The summed E-state index contributed by atoms with van der Waals surface area (Å²) in [4.78, 5) is 11.2. The number of carbonyl (C=O) groups is 1. The smallest absolute Gasteiger partial charge is 0.314 e.